The molecule has 0 bridgehead atoms. The maximum absolute atomic E-state index is 13.0. The lowest BCUT2D eigenvalue weighted by atomic mass is 10.2. The van der Waals surface area contributed by atoms with Crippen molar-refractivity contribution in [2.24, 2.45) is 5.14 Å². The van der Waals surface area contributed by atoms with E-state index in [1.165, 1.54) is 19.1 Å². The molecule has 1 aromatic rings. The molecule has 13 heavy (non-hydrogen) atoms. The molecule has 72 valence electrons. The lowest BCUT2D eigenvalue weighted by Crippen LogP contribution is -2.14. The van der Waals surface area contributed by atoms with Crippen LogP contribution in [-0.4, -0.2) is 8.42 Å². The first-order chi connectivity index (χ1) is 5.82. The van der Waals surface area contributed by atoms with Crippen molar-refractivity contribution in [3.63, 3.8) is 0 Å². The summed E-state index contributed by atoms with van der Waals surface area (Å²) in [6, 6.07) is 2.46. The Morgan fingerprint density at radius 3 is 2.46 bits per heavy atom. The first kappa shape index (κ1) is 10.6. The first-order valence-electron chi connectivity index (χ1n) is 3.31. The van der Waals surface area contributed by atoms with Gasteiger partial charge in [0.25, 0.3) is 0 Å². The predicted molar refractivity (Wildman–Crippen MR) is 50.2 cm³/mol. The van der Waals surface area contributed by atoms with Crippen molar-refractivity contribution in [3.05, 3.63) is 28.0 Å². The fraction of sp³-hybridized carbons (Fsp3) is 0.143. The van der Waals surface area contributed by atoms with Gasteiger partial charge in [-0.1, -0.05) is 15.9 Å². The standard InChI is InChI=1S/C7H7BrFNO2S/c1-4-6(9)2-5(8)3-7(4)13(10,11)12/h2-3H,1H3,(H2,10,11,12). The van der Waals surface area contributed by atoms with Gasteiger partial charge in [-0.3, -0.25) is 0 Å². The first-order valence-corrected chi connectivity index (χ1v) is 5.65. The summed E-state index contributed by atoms with van der Waals surface area (Å²) < 4.78 is 35.3. The minimum absolute atomic E-state index is 0.0331. The molecule has 0 atom stereocenters. The maximum atomic E-state index is 13.0. The van der Waals surface area contributed by atoms with Crippen LogP contribution in [0.15, 0.2) is 21.5 Å². The largest absolute Gasteiger partial charge is 0.238 e. The van der Waals surface area contributed by atoms with Crippen molar-refractivity contribution in [1.82, 2.24) is 0 Å². The third kappa shape index (κ3) is 2.26. The van der Waals surface area contributed by atoms with Gasteiger partial charge < -0.3 is 0 Å². The van der Waals surface area contributed by atoms with E-state index in [0.717, 1.165) is 0 Å². The third-order valence-corrected chi connectivity index (χ3v) is 3.06. The molecule has 0 fully saturated rings. The van der Waals surface area contributed by atoms with Crippen molar-refractivity contribution in [2.75, 3.05) is 0 Å². The number of sulfonamides is 1. The molecule has 0 saturated heterocycles. The Labute approximate surface area is 83.9 Å². The van der Waals surface area contributed by atoms with Crippen LogP contribution in [0, 0.1) is 12.7 Å². The molecule has 3 nitrogen and oxygen atoms in total. The quantitative estimate of drug-likeness (QED) is 0.839. The smallest absolute Gasteiger partial charge is 0.225 e. The van der Waals surface area contributed by atoms with Crippen molar-refractivity contribution in [1.29, 1.82) is 0 Å². The second-order valence-electron chi connectivity index (χ2n) is 2.56. The van der Waals surface area contributed by atoms with E-state index in [9.17, 15) is 12.8 Å². The highest BCUT2D eigenvalue weighted by Gasteiger charge is 2.15. The second kappa shape index (κ2) is 3.36. The number of benzene rings is 1. The summed E-state index contributed by atoms with van der Waals surface area (Å²) in [5.74, 6) is -0.599. The van der Waals surface area contributed by atoms with Gasteiger partial charge in [-0.2, -0.15) is 0 Å². The molecule has 6 heteroatoms. The summed E-state index contributed by atoms with van der Waals surface area (Å²) in [7, 11) is -3.85. The number of nitrogens with two attached hydrogens (primary N) is 1. The van der Waals surface area contributed by atoms with Gasteiger partial charge in [0.2, 0.25) is 10.0 Å². The van der Waals surface area contributed by atoms with Gasteiger partial charge in [0, 0.05) is 10.0 Å². The van der Waals surface area contributed by atoms with Crippen LogP contribution in [0.1, 0.15) is 5.56 Å². The summed E-state index contributed by atoms with van der Waals surface area (Å²) >= 11 is 2.98. The van der Waals surface area contributed by atoms with Gasteiger partial charge in [0.05, 0.1) is 4.90 Å². The van der Waals surface area contributed by atoms with Gasteiger partial charge in [-0.15, -0.1) is 0 Å². The number of hydrogen-bond acceptors (Lipinski definition) is 2. The average molecular weight is 268 g/mol. The van der Waals surface area contributed by atoms with Crippen molar-refractivity contribution < 1.29 is 12.8 Å². The molecular weight excluding hydrogens is 261 g/mol. The van der Waals surface area contributed by atoms with Crippen LogP contribution in [0.25, 0.3) is 0 Å². The van der Waals surface area contributed by atoms with Crippen molar-refractivity contribution in [2.45, 2.75) is 11.8 Å². The molecule has 0 amide bonds. The zero-order chi connectivity index (χ0) is 10.2. The molecule has 0 saturated carbocycles. The van der Waals surface area contributed by atoms with Crippen LogP contribution in [0.2, 0.25) is 0 Å². The van der Waals surface area contributed by atoms with E-state index in [1.54, 1.807) is 0 Å². The molecule has 0 aliphatic rings. The Bertz CT molecular complexity index is 444. The van der Waals surface area contributed by atoms with Crippen LogP contribution in [0.4, 0.5) is 4.39 Å². The van der Waals surface area contributed by atoms with Gasteiger partial charge in [0.1, 0.15) is 5.82 Å². The van der Waals surface area contributed by atoms with Crippen LogP contribution in [-0.2, 0) is 10.0 Å². The highest BCUT2D eigenvalue weighted by molar-refractivity contribution is 9.10. The van der Waals surface area contributed by atoms with Gasteiger partial charge in [-0.05, 0) is 19.1 Å². The summed E-state index contributed by atoms with van der Waals surface area (Å²) in [4.78, 5) is -0.195. The van der Waals surface area contributed by atoms with Crippen LogP contribution in [0.5, 0.6) is 0 Å². The molecule has 1 aromatic carbocycles. The minimum atomic E-state index is -3.85. The Kier molecular flexibility index (Phi) is 2.74. The highest BCUT2D eigenvalue weighted by Crippen LogP contribution is 2.22. The Balaban J connectivity index is 3.56. The SMILES string of the molecule is Cc1c(F)cc(Br)cc1S(N)(=O)=O. The lowest BCUT2D eigenvalue weighted by molar-refractivity contribution is 0.587. The number of hydrogen-bond donors (Lipinski definition) is 1. The zero-order valence-electron chi connectivity index (χ0n) is 6.71. The van der Waals surface area contributed by atoms with Crippen LogP contribution in [0.3, 0.4) is 0 Å². The maximum Gasteiger partial charge on any atom is 0.238 e. The normalized spacial score (nSPS) is 11.7. The Morgan fingerprint density at radius 2 is 2.00 bits per heavy atom. The molecule has 0 aliphatic carbocycles. The summed E-state index contributed by atoms with van der Waals surface area (Å²) in [5.41, 5.74) is 0.0331. The number of halogens is 2. The summed E-state index contributed by atoms with van der Waals surface area (Å²) in [6.45, 7) is 1.36. The highest BCUT2D eigenvalue weighted by atomic mass is 79.9. The average Bonchev–Trinajstić information content (AvgIpc) is 1.94. The summed E-state index contributed by atoms with van der Waals surface area (Å²) in [5, 5.41) is 4.88. The van der Waals surface area contributed by atoms with Gasteiger partial charge >= 0.3 is 0 Å². The molecule has 1 rings (SSSR count). The molecule has 0 radical (unpaired) electrons. The van der Waals surface area contributed by atoms with E-state index < -0.39 is 15.8 Å². The van der Waals surface area contributed by atoms with Gasteiger partial charge in [0.15, 0.2) is 0 Å². The topological polar surface area (TPSA) is 60.2 Å². The summed E-state index contributed by atoms with van der Waals surface area (Å²) in [6.07, 6.45) is 0. The Morgan fingerprint density at radius 1 is 1.46 bits per heavy atom. The predicted octanol–water partition coefficient (Wildman–Crippen LogP) is 1.54. The number of rotatable bonds is 1. The third-order valence-electron chi connectivity index (χ3n) is 1.57. The molecule has 0 unspecified atom stereocenters. The fourth-order valence-corrected chi connectivity index (χ4v) is 2.31. The molecule has 0 aromatic heterocycles. The van der Waals surface area contributed by atoms with Crippen LogP contribution >= 0.6 is 15.9 Å². The van der Waals surface area contributed by atoms with E-state index in [2.05, 4.69) is 15.9 Å². The monoisotopic (exact) mass is 267 g/mol. The molecule has 0 heterocycles. The Hall–Kier alpha value is -0.460. The van der Waals surface area contributed by atoms with Crippen LogP contribution < -0.4 is 5.14 Å². The molecular formula is C7H7BrFNO2S. The van der Waals surface area contributed by atoms with E-state index in [1.807, 2.05) is 0 Å². The molecule has 0 aliphatic heterocycles. The van der Waals surface area contributed by atoms with E-state index in [-0.39, 0.29) is 10.5 Å². The lowest BCUT2D eigenvalue weighted by Gasteiger charge is -2.04. The molecule has 0 spiro atoms. The zero-order valence-corrected chi connectivity index (χ0v) is 9.12. The second-order valence-corrected chi connectivity index (χ2v) is 5.00. The van der Waals surface area contributed by atoms with Gasteiger partial charge in [-0.25, -0.2) is 17.9 Å². The van der Waals surface area contributed by atoms with E-state index in [0.29, 0.717) is 4.47 Å². The van der Waals surface area contributed by atoms with E-state index in [4.69, 9.17) is 5.14 Å². The van der Waals surface area contributed by atoms with Crippen molar-refractivity contribution >= 4 is 26.0 Å². The molecule has 2 N–H and O–H groups in total. The minimum Gasteiger partial charge on any atom is -0.225 e. The number of primary sulfonamides is 1. The fourth-order valence-electron chi connectivity index (χ4n) is 0.918. The van der Waals surface area contributed by atoms with Crippen molar-refractivity contribution in [3.8, 4) is 0 Å². The van der Waals surface area contributed by atoms with E-state index >= 15 is 0 Å².